The number of halogens is 1. The zero-order valence-corrected chi connectivity index (χ0v) is 13.7. The predicted molar refractivity (Wildman–Crippen MR) is 90.7 cm³/mol. The lowest BCUT2D eigenvalue weighted by atomic mass is 9.79. The lowest BCUT2D eigenvalue weighted by Gasteiger charge is -2.29. The van der Waals surface area contributed by atoms with Crippen molar-refractivity contribution in [2.75, 3.05) is 5.32 Å². The molecule has 1 saturated heterocycles. The molecule has 24 heavy (non-hydrogen) atoms. The summed E-state index contributed by atoms with van der Waals surface area (Å²) in [5.74, 6) is -1.74. The fraction of sp³-hybridized carbons (Fsp3) is 0.389. The van der Waals surface area contributed by atoms with Crippen LogP contribution in [0, 0.1) is 11.8 Å². The van der Waals surface area contributed by atoms with Crippen LogP contribution in [0.4, 0.5) is 5.69 Å². The molecule has 1 aromatic carbocycles. The van der Waals surface area contributed by atoms with Crippen molar-refractivity contribution in [3.05, 3.63) is 36.5 Å². The van der Waals surface area contributed by atoms with E-state index in [1.807, 2.05) is 24.3 Å². The highest BCUT2D eigenvalue weighted by Gasteiger charge is 2.52. The number of nitrogens with one attached hydrogen (secondary N) is 1. The molecule has 4 rings (SSSR count). The van der Waals surface area contributed by atoms with E-state index in [0.717, 1.165) is 24.6 Å². The van der Waals surface area contributed by atoms with E-state index < -0.39 is 11.9 Å². The van der Waals surface area contributed by atoms with Gasteiger partial charge in [-0.2, -0.15) is 0 Å². The number of nitrogens with zero attached hydrogens (tertiary/aromatic N) is 1. The van der Waals surface area contributed by atoms with E-state index in [9.17, 15) is 9.59 Å². The summed E-state index contributed by atoms with van der Waals surface area (Å²) < 4.78 is 5.39. The van der Waals surface area contributed by atoms with E-state index in [1.165, 1.54) is 0 Å². The number of para-hydroxylation sites is 1. The smallest absolute Gasteiger partial charge is 0.319 e. The first-order chi connectivity index (χ1) is 11.6. The molecule has 2 aliphatic rings. The van der Waals surface area contributed by atoms with E-state index in [2.05, 4.69) is 10.3 Å². The highest BCUT2D eigenvalue weighted by atomic mass is 35.5. The third-order valence-electron chi connectivity index (χ3n) is 4.90. The van der Waals surface area contributed by atoms with Crippen molar-refractivity contribution in [1.82, 2.24) is 4.98 Å². The molecule has 4 unspecified atom stereocenters. The molecule has 2 heterocycles. The standard InChI is InChI=1S/C18H17ClN2O3/c19-12-7-2-6-11-14(18(23)24-16(11)12)17(22)21-13-8-1-4-10-5-3-9-20-15(10)13/h1,3-5,8-9,11-12,14,16H,2,6-7H2,(H,21,22). The van der Waals surface area contributed by atoms with Gasteiger partial charge in [-0.15, -0.1) is 11.6 Å². The predicted octanol–water partition coefficient (Wildman–Crippen LogP) is 3.12. The van der Waals surface area contributed by atoms with Gasteiger partial charge in [0.1, 0.15) is 12.0 Å². The number of alkyl halides is 1. The minimum atomic E-state index is -0.796. The number of fused-ring (bicyclic) bond motifs is 2. The Morgan fingerprint density at radius 2 is 2.08 bits per heavy atom. The maximum atomic E-state index is 12.7. The summed E-state index contributed by atoms with van der Waals surface area (Å²) in [7, 11) is 0. The van der Waals surface area contributed by atoms with Crippen LogP contribution in [0.1, 0.15) is 19.3 Å². The van der Waals surface area contributed by atoms with E-state index in [0.29, 0.717) is 11.2 Å². The summed E-state index contributed by atoms with van der Waals surface area (Å²) in [6, 6.07) is 9.34. The molecule has 1 N–H and O–H groups in total. The first-order valence-electron chi connectivity index (χ1n) is 8.14. The number of aromatic nitrogens is 1. The molecule has 2 fully saturated rings. The fourth-order valence-corrected chi connectivity index (χ4v) is 4.15. The van der Waals surface area contributed by atoms with Gasteiger partial charge in [0.15, 0.2) is 0 Å². The molecule has 1 saturated carbocycles. The highest BCUT2D eigenvalue weighted by molar-refractivity contribution is 6.21. The van der Waals surface area contributed by atoms with Crippen LogP contribution in [0.25, 0.3) is 10.9 Å². The maximum Gasteiger partial charge on any atom is 0.319 e. The second kappa shape index (κ2) is 6.06. The molecular formula is C18H17ClN2O3. The van der Waals surface area contributed by atoms with Gasteiger partial charge in [-0.1, -0.05) is 24.6 Å². The minimum absolute atomic E-state index is 0.142. The number of hydrogen-bond donors (Lipinski definition) is 1. The molecule has 0 radical (unpaired) electrons. The van der Waals surface area contributed by atoms with Crippen LogP contribution in [-0.2, 0) is 14.3 Å². The molecule has 0 spiro atoms. The van der Waals surface area contributed by atoms with Gasteiger partial charge < -0.3 is 10.1 Å². The largest absolute Gasteiger partial charge is 0.460 e. The number of anilines is 1. The first-order valence-corrected chi connectivity index (χ1v) is 8.58. The van der Waals surface area contributed by atoms with Crippen molar-refractivity contribution in [3.8, 4) is 0 Å². The first kappa shape index (κ1) is 15.4. The summed E-state index contributed by atoms with van der Waals surface area (Å²) in [5, 5.41) is 3.59. The number of rotatable bonds is 2. The van der Waals surface area contributed by atoms with Gasteiger partial charge in [-0.25, -0.2) is 0 Å². The monoisotopic (exact) mass is 344 g/mol. The fourth-order valence-electron chi connectivity index (χ4n) is 3.76. The Bertz CT molecular complexity index is 804. The number of ether oxygens (including phenoxy) is 1. The Morgan fingerprint density at radius 3 is 2.96 bits per heavy atom. The van der Waals surface area contributed by atoms with Gasteiger partial charge >= 0.3 is 5.97 Å². The average molecular weight is 345 g/mol. The normalized spacial score (nSPS) is 29.1. The number of carbonyl (C=O) groups is 2. The number of esters is 1. The van der Waals surface area contributed by atoms with Gasteiger partial charge in [0.25, 0.3) is 0 Å². The number of pyridine rings is 1. The zero-order chi connectivity index (χ0) is 16.7. The molecule has 1 aliphatic carbocycles. The SMILES string of the molecule is O=C(Nc1cccc2cccnc12)C1C(=O)OC2C(Cl)CCCC12. The Kier molecular flexibility index (Phi) is 3.88. The van der Waals surface area contributed by atoms with Crippen LogP contribution in [-0.4, -0.2) is 28.3 Å². The maximum absolute atomic E-state index is 12.7. The number of amides is 1. The summed E-state index contributed by atoms with van der Waals surface area (Å²) >= 11 is 6.27. The highest BCUT2D eigenvalue weighted by Crippen LogP contribution is 2.41. The molecule has 4 atom stereocenters. The van der Waals surface area contributed by atoms with Crippen LogP contribution in [0.5, 0.6) is 0 Å². The third-order valence-corrected chi connectivity index (χ3v) is 5.37. The third kappa shape index (κ3) is 2.53. The van der Waals surface area contributed by atoms with Crippen LogP contribution in [0.2, 0.25) is 0 Å². The van der Waals surface area contributed by atoms with Crippen LogP contribution in [0.15, 0.2) is 36.5 Å². The lowest BCUT2D eigenvalue weighted by Crippen LogP contribution is -2.37. The van der Waals surface area contributed by atoms with Gasteiger partial charge in [0, 0.05) is 17.5 Å². The van der Waals surface area contributed by atoms with Crippen molar-refractivity contribution >= 4 is 40.1 Å². The van der Waals surface area contributed by atoms with Crippen molar-refractivity contribution in [2.45, 2.75) is 30.7 Å². The molecule has 5 nitrogen and oxygen atoms in total. The Balaban J connectivity index is 1.60. The van der Waals surface area contributed by atoms with Gasteiger partial charge in [-0.05, 0) is 25.0 Å². The molecule has 1 aromatic heterocycles. The van der Waals surface area contributed by atoms with E-state index in [4.69, 9.17) is 16.3 Å². The van der Waals surface area contributed by atoms with Gasteiger partial charge in [-0.3, -0.25) is 14.6 Å². The molecule has 1 amide bonds. The molecular weight excluding hydrogens is 328 g/mol. The summed E-state index contributed by atoms with van der Waals surface area (Å²) in [6.45, 7) is 0. The Morgan fingerprint density at radius 1 is 1.25 bits per heavy atom. The molecule has 6 heteroatoms. The lowest BCUT2D eigenvalue weighted by molar-refractivity contribution is -0.146. The quantitative estimate of drug-likeness (QED) is 0.516. The van der Waals surface area contributed by atoms with Crippen molar-refractivity contribution < 1.29 is 14.3 Å². The van der Waals surface area contributed by atoms with Crippen molar-refractivity contribution in [2.24, 2.45) is 11.8 Å². The van der Waals surface area contributed by atoms with E-state index >= 15 is 0 Å². The van der Waals surface area contributed by atoms with Crippen LogP contribution < -0.4 is 5.32 Å². The number of hydrogen-bond acceptors (Lipinski definition) is 4. The second-order valence-electron chi connectivity index (χ2n) is 6.36. The Hall–Kier alpha value is -2.14. The van der Waals surface area contributed by atoms with E-state index in [-0.39, 0.29) is 23.3 Å². The van der Waals surface area contributed by atoms with Crippen LogP contribution >= 0.6 is 11.6 Å². The van der Waals surface area contributed by atoms with Gasteiger partial charge in [0.05, 0.1) is 16.6 Å². The summed E-state index contributed by atoms with van der Waals surface area (Å²) in [6.07, 6.45) is 3.83. The topological polar surface area (TPSA) is 68.3 Å². The summed E-state index contributed by atoms with van der Waals surface area (Å²) in [5.41, 5.74) is 1.31. The van der Waals surface area contributed by atoms with Gasteiger partial charge in [0.2, 0.25) is 5.91 Å². The molecule has 124 valence electrons. The molecule has 1 aliphatic heterocycles. The number of benzene rings is 1. The Labute approximate surface area is 144 Å². The average Bonchev–Trinajstić information content (AvgIpc) is 2.93. The van der Waals surface area contributed by atoms with E-state index in [1.54, 1.807) is 12.3 Å². The zero-order valence-electron chi connectivity index (χ0n) is 12.9. The van der Waals surface area contributed by atoms with Crippen molar-refractivity contribution in [1.29, 1.82) is 0 Å². The number of carbonyl (C=O) groups excluding carboxylic acids is 2. The molecule has 0 bridgehead atoms. The molecule has 2 aromatic rings. The summed E-state index contributed by atoms with van der Waals surface area (Å²) in [4.78, 5) is 29.3. The van der Waals surface area contributed by atoms with Crippen LogP contribution in [0.3, 0.4) is 0 Å². The minimum Gasteiger partial charge on any atom is -0.460 e. The van der Waals surface area contributed by atoms with Crippen molar-refractivity contribution in [3.63, 3.8) is 0 Å². The second-order valence-corrected chi connectivity index (χ2v) is 6.92.